The van der Waals surface area contributed by atoms with Crippen molar-refractivity contribution in [1.82, 2.24) is 15.1 Å². The van der Waals surface area contributed by atoms with Gasteiger partial charge in [0.25, 0.3) is 0 Å². The van der Waals surface area contributed by atoms with Gasteiger partial charge in [-0.05, 0) is 38.6 Å². The van der Waals surface area contributed by atoms with Gasteiger partial charge in [0.1, 0.15) is 17.2 Å². The molecule has 1 aliphatic heterocycles. The highest BCUT2D eigenvalue weighted by molar-refractivity contribution is 6.00. The van der Waals surface area contributed by atoms with Crippen molar-refractivity contribution in [1.29, 1.82) is 0 Å². The molecule has 1 atom stereocenters. The molecule has 6 nitrogen and oxygen atoms in total. The molecule has 0 saturated carbocycles. The van der Waals surface area contributed by atoms with Gasteiger partial charge in [-0.2, -0.15) is 0 Å². The van der Waals surface area contributed by atoms with E-state index in [0.717, 1.165) is 36.1 Å². The number of nitrogens with zero attached hydrogens (tertiary/aromatic N) is 3. The number of fused-ring (bicyclic) bond motifs is 1. The average molecular weight is 364 g/mol. The molecular weight excluding hydrogens is 340 g/mol. The molecule has 0 bridgehead atoms. The molecular formula is C21H24N4O2. The molecule has 27 heavy (non-hydrogen) atoms. The Morgan fingerprint density at radius 2 is 1.96 bits per heavy atom. The van der Waals surface area contributed by atoms with E-state index < -0.39 is 0 Å². The van der Waals surface area contributed by atoms with Crippen LogP contribution in [0.15, 0.2) is 42.5 Å². The summed E-state index contributed by atoms with van der Waals surface area (Å²) in [7, 11) is 3.72. The van der Waals surface area contributed by atoms with E-state index in [1.807, 2.05) is 36.4 Å². The van der Waals surface area contributed by atoms with E-state index in [4.69, 9.17) is 4.74 Å². The molecule has 1 unspecified atom stereocenters. The SMILES string of the molecule is COc1ccc(-c2nnc(NC3CCCN(C)C3)c3ccccc23)c(O)c1. The topological polar surface area (TPSA) is 70.5 Å². The third-order valence-corrected chi connectivity index (χ3v) is 5.11. The molecule has 2 aromatic carbocycles. The Kier molecular flexibility index (Phi) is 4.81. The number of hydrogen-bond donors (Lipinski definition) is 2. The monoisotopic (exact) mass is 364 g/mol. The minimum absolute atomic E-state index is 0.128. The highest BCUT2D eigenvalue weighted by Crippen LogP contribution is 2.36. The number of likely N-dealkylation sites (N-methyl/N-ethyl adjacent to an activating group) is 1. The van der Waals surface area contributed by atoms with Gasteiger partial charge in [-0.3, -0.25) is 0 Å². The van der Waals surface area contributed by atoms with Gasteiger partial charge in [0, 0.05) is 35.0 Å². The fourth-order valence-corrected chi connectivity index (χ4v) is 3.73. The van der Waals surface area contributed by atoms with E-state index in [1.54, 1.807) is 13.2 Å². The summed E-state index contributed by atoms with van der Waals surface area (Å²) in [5, 5.41) is 24.9. The molecule has 0 aliphatic carbocycles. The third-order valence-electron chi connectivity index (χ3n) is 5.11. The number of aromatic hydroxyl groups is 1. The number of ether oxygens (including phenoxy) is 1. The van der Waals surface area contributed by atoms with E-state index in [9.17, 15) is 5.11 Å². The lowest BCUT2D eigenvalue weighted by Crippen LogP contribution is -2.40. The second kappa shape index (κ2) is 7.40. The van der Waals surface area contributed by atoms with Crippen LogP contribution < -0.4 is 10.1 Å². The molecule has 0 spiro atoms. The molecule has 1 aromatic heterocycles. The van der Waals surface area contributed by atoms with Crippen LogP contribution >= 0.6 is 0 Å². The summed E-state index contributed by atoms with van der Waals surface area (Å²) in [6, 6.07) is 13.6. The third kappa shape index (κ3) is 3.53. The van der Waals surface area contributed by atoms with Crippen molar-refractivity contribution in [2.24, 2.45) is 0 Å². The normalized spacial score (nSPS) is 17.8. The Labute approximate surface area is 158 Å². The summed E-state index contributed by atoms with van der Waals surface area (Å²) in [6.07, 6.45) is 2.30. The smallest absolute Gasteiger partial charge is 0.156 e. The maximum atomic E-state index is 10.4. The Hall–Kier alpha value is -2.86. The molecule has 0 radical (unpaired) electrons. The van der Waals surface area contributed by atoms with Crippen LogP contribution in [0.1, 0.15) is 12.8 Å². The number of aromatic nitrogens is 2. The predicted octanol–water partition coefficient (Wildman–Crippen LogP) is 3.52. The van der Waals surface area contributed by atoms with Gasteiger partial charge in [-0.1, -0.05) is 24.3 Å². The number of nitrogens with one attached hydrogen (secondary N) is 1. The first kappa shape index (κ1) is 17.5. The number of rotatable bonds is 4. The van der Waals surface area contributed by atoms with Crippen molar-refractivity contribution < 1.29 is 9.84 Å². The number of hydrogen-bond acceptors (Lipinski definition) is 6. The maximum absolute atomic E-state index is 10.4. The van der Waals surface area contributed by atoms with Gasteiger partial charge >= 0.3 is 0 Å². The van der Waals surface area contributed by atoms with Crippen LogP contribution in [0.3, 0.4) is 0 Å². The Balaban J connectivity index is 1.74. The quantitative estimate of drug-likeness (QED) is 0.738. The fraction of sp³-hybridized carbons (Fsp3) is 0.333. The van der Waals surface area contributed by atoms with E-state index in [2.05, 4.69) is 27.5 Å². The molecule has 1 aliphatic rings. The molecule has 6 heteroatoms. The fourth-order valence-electron chi connectivity index (χ4n) is 3.73. The lowest BCUT2D eigenvalue weighted by atomic mass is 10.0. The zero-order valence-electron chi connectivity index (χ0n) is 15.6. The summed E-state index contributed by atoms with van der Waals surface area (Å²) in [6.45, 7) is 2.14. The van der Waals surface area contributed by atoms with Crippen LogP contribution in [0, 0.1) is 0 Å². The number of piperidine rings is 1. The first-order chi connectivity index (χ1) is 13.2. The van der Waals surface area contributed by atoms with Crippen molar-refractivity contribution in [3.8, 4) is 22.8 Å². The van der Waals surface area contributed by atoms with Gasteiger partial charge < -0.3 is 20.1 Å². The van der Waals surface area contributed by atoms with Gasteiger partial charge in [-0.15, -0.1) is 10.2 Å². The molecule has 3 aromatic rings. The first-order valence-electron chi connectivity index (χ1n) is 9.23. The highest BCUT2D eigenvalue weighted by atomic mass is 16.5. The summed E-state index contributed by atoms with van der Waals surface area (Å²) in [5.41, 5.74) is 1.31. The average Bonchev–Trinajstić information content (AvgIpc) is 2.68. The number of phenolic OH excluding ortho intramolecular Hbond substituents is 1. The summed E-state index contributed by atoms with van der Waals surface area (Å²) >= 11 is 0. The lowest BCUT2D eigenvalue weighted by Gasteiger charge is -2.30. The van der Waals surface area contributed by atoms with Gasteiger partial charge in [0.15, 0.2) is 5.82 Å². The van der Waals surface area contributed by atoms with E-state index in [1.165, 1.54) is 6.42 Å². The molecule has 0 amide bonds. The zero-order chi connectivity index (χ0) is 18.8. The largest absolute Gasteiger partial charge is 0.507 e. The van der Waals surface area contributed by atoms with Crippen LogP contribution in [-0.2, 0) is 0 Å². The maximum Gasteiger partial charge on any atom is 0.156 e. The lowest BCUT2D eigenvalue weighted by molar-refractivity contribution is 0.261. The Morgan fingerprint density at radius 3 is 2.70 bits per heavy atom. The number of likely N-dealkylation sites (tertiary alicyclic amines) is 1. The molecule has 1 saturated heterocycles. The van der Waals surface area contributed by atoms with Crippen LogP contribution in [0.4, 0.5) is 5.82 Å². The van der Waals surface area contributed by atoms with Crippen molar-refractivity contribution >= 4 is 16.6 Å². The molecule has 2 heterocycles. The van der Waals surface area contributed by atoms with Crippen molar-refractivity contribution in [3.05, 3.63) is 42.5 Å². The van der Waals surface area contributed by atoms with Crippen LogP contribution in [0.25, 0.3) is 22.0 Å². The highest BCUT2D eigenvalue weighted by Gasteiger charge is 2.20. The second-order valence-corrected chi connectivity index (χ2v) is 7.07. The van der Waals surface area contributed by atoms with E-state index >= 15 is 0 Å². The molecule has 1 fully saturated rings. The number of benzene rings is 2. The van der Waals surface area contributed by atoms with Crippen molar-refractivity contribution in [2.75, 3.05) is 32.6 Å². The summed E-state index contributed by atoms with van der Waals surface area (Å²) in [4.78, 5) is 2.33. The van der Waals surface area contributed by atoms with Gasteiger partial charge in [0.05, 0.1) is 7.11 Å². The number of phenols is 1. The van der Waals surface area contributed by atoms with Crippen LogP contribution in [-0.4, -0.2) is 53.5 Å². The van der Waals surface area contributed by atoms with Crippen LogP contribution in [0.2, 0.25) is 0 Å². The second-order valence-electron chi connectivity index (χ2n) is 7.07. The number of methoxy groups -OCH3 is 1. The minimum Gasteiger partial charge on any atom is -0.507 e. The van der Waals surface area contributed by atoms with Crippen molar-refractivity contribution in [3.63, 3.8) is 0 Å². The van der Waals surface area contributed by atoms with E-state index in [0.29, 0.717) is 23.0 Å². The van der Waals surface area contributed by atoms with E-state index in [-0.39, 0.29) is 5.75 Å². The first-order valence-corrected chi connectivity index (χ1v) is 9.23. The van der Waals surface area contributed by atoms with Crippen molar-refractivity contribution in [2.45, 2.75) is 18.9 Å². The van der Waals surface area contributed by atoms with Crippen LogP contribution in [0.5, 0.6) is 11.5 Å². The summed E-state index contributed by atoms with van der Waals surface area (Å²) < 4.78 is 5.18. The number of anilines is 1. The predicted molar refractivity (Wildman–Crippen MR) is 107 cm³/mol. The standard InChI is InChI=1S/C21H24N4O2/c1-25-11-5-6-14(13-25)22-21-17-8-4-3-7-16(17)20(23-24-21)18-10-9-15(27-2)12-19(18)26/h3-4,7-10,12,14,26H,5-6,11,13H2,1-2H3,(H,22,24). The minimum atomic E-state index is 0.128. The van der Waals surface area contributed by atoms with Gasteiger partial charge in [-0.25, -0.2) is 0 Å². The zero-order valence-corrected chi connectivity index (χ0v) is 15.6. The Bertz CT molecular complexity index is 960. The molecule has 4 rings (SSSR count). The Morgan fingerprint density at radius 1 is 1.15 bits per heavy atom. The van der Waals surface area contributed by atoms with Gasteiger partial charge in [0.2, 0.25) is 0 Å². The molecule has 2 N–H and O–H groups in total. The summed E-state index contributed by atoms with van der Waals surface area (Å²) in [5.74, 6) is 1.53. The molecule has 140 valence electrons.